The highest BCUT2D eigenvalue weighted by molar-refractivity contribution is 6.29. The Hall–Kier alpha value is -3.20. The molecule has 3 heteroatoms. The Kier molecular flexibility index (Phi) is 4.59. The van der Waals surface area contributed by atoms with E-state index in [0.29, 0.717) is 33.8 Å². The van der Waals surface area contributed by atoms with Crippen molar-refractivity contribution in [2.24, 2.45) is 0 Å². The second-order valence-corrected chi connectivity index (χ2v) is 6.73. The monoisotopic (exact) mass is 356 g/mol. The second kappa shape index (κ2) is 7.20. The van der Waals surface area contributed by atoms with Crippen molar-refractivity contribution in [2.75, 3.05) is 0 Å². The van der Waals surface area contributed by atoms with Gasteiger partial charge in [0.15, 0.2) is 11.6 Å². The maximum absolute atomic E-state index is 13.0. The molecule has 0 spiro atoms. The van der Waals surface area contributed by atoms with E-state index in [-0.39, 0.29) is 11.6 Å². The van der Waals surface area contributed by atoms with E-state index in [2.05, 4.69) is 6.92 Å². The van der Waals surface area contributed by atoms with Crippen molar-refractivity contribution in [1.82, 2.24) is 0 Å². The summed E-state index contributed by atoms with van der Waals surface area (Å²) in [5.74, 6) is 0.764. The predicted octanol–water partition coefficient (Wildman–Crippen LogP) is 5.60. The van der Waals surface area contributed by atoms with Gasteiger partial charge in [0.25, 0.3) is 0 Å². The van der Waals surface area contributed by atoms with Gasteiger partial charge in [0.1, 0.15) is 11.5 Å². The van der Waals surface area contributed by atoms with Crippen molar-refractivity contribution < 1.29 is 14.3 Å². The number of ketones is 2. The summed E-state index contributed by atoms with van der Waals surface area (Å²) < 4.78 is 6.00. The van der Waals surface area contributed by atoms with E-state index < -0.39 is 0 Å². The molecule has 0 aliphatic heterocycles. The number of ether oxygens (including phenoxy) is 1. The molecule has 0 saturated carbocycles. The Labute approximate surface area is 158 Å². The number of hydrogen-bond donors (Lipinski definition) is 0. The summed E-state index contributed by atoms with van der Waals surface area (Å²) in [4.78, 5) is 25.8. The van der Waals surface area contributed by atoms with Crippen molar-refractivity contribution in [2.45, 2.75) is 26.2 Å². The van der Waals surface area contributed by atoms with Gasteiger partial charge in [-0.05, 0) is 36.6 Å². The molecule has 27 heavy (non-hydrogen) atoms. The van der Waals surface area contributed by atoms with Gasteiger partial charge in [-0.2, -0.15) is 0 Å². The van der Waals surface area contributed by atoms with E-state index in [9.17, 15) is 9.59 Å². The summed E-state index contributed by atoms with van der Waals surface area (Å²) in [5, 5.41) is 0. The summed E-state index contributed by atoms with van der Waals surface area (Å²) >= 11 is 0. The molecule has 3 aromatic carbocycles. The molecule has 0 N–H and O–H groups in total. The van der Waals surface area contributed by atoms with Crippen LogP contribution in [0.4, 0.5) is 0 Å². The zero-order valence-electron chi connectivity index (χ0n) is 15.2. The Morgan fingerprint density at radius 1 is 0.741 bits per heavy atom. The van der Waals surface area contributed by atoms with Crippen LogP contribution in [0.2, 0.25) is 0 Å². The number of carbonyl (C=O) groups excluding carboxylic acids is 2. The first kappa shape index (κ1) is 17.2. The fourth-order valence-corrected chi connectivity index (χ4v) is 3.43. The van der Waals surface area contributed by atoms with Gasteiger partial charge in [0, 0.05) is 16.7 Å². The number of unbranched alkanes of at least 4 members (excludes halogenated alkanes) is 1. The number of rotatable bonds is 5. The molecule has 0 fully saturated rings. The summed E-state index contributed by atoms with van der Waals surface area (Å²) in [6, 6.07) is 20.0. The number of hydrogen-bond acceptors (Lipinski definition) is 3. The van der Waals surface area contributed by atoms with Gasteiger partial charge in [0.2, 0.25) is 0 Å². The van der Waals surface area contributed by atoms with E-state index in [1.54, 1.807) is 42.5 Å². The van der Waals surface area contributed by atoms with Crippen molar-refractivity contribution >= 4 is 11.6 Å². The summed E-state index contributed by atoms with van der Waals surface area (Å²) in [5.41, 5.74) is 2.89. The van der Waals surface area contributed by atoms with Crippen LogP contribution in [0.15, 0.2) is 66.7 Å². The van der Waals surface area contributed by atoms with E-state index >= 15 is 0 Å². The molecule has 1 aliphatic carbocycles. The zero-order chi connectivity index (χ0) is 18.8. The summed E-state index contributed by atoms with van der Waals surface area (Å²) in [6.45, 7) is 2.17. The topological polar surface area (TPSA) is 43.4 Å². The van der Waals surface area contributed by atoms with Crippen LogP contribution in [0.1, 0.15) is 57.2 Å². The first-order valence-electron chi connectivity index (χ1n) is 9.27. The normalized spacial score (nSPS) is 12.5. The molecule has 0 amide bonds. The zero-order valence-corrected chi connectivity index (χ0v) is 15.2. The van der Waals surface area contributed by atoms with Gasteiger partial charge >= 0.3 is 0 Å². The van der Waals surface area contributed by atoms with Gasteiger partial charge in [-0.25, -0.2) is 0 Å². The number of fused-ring (bicyclic) bond motifs is 2. The van der Waals surface area contributed by atoms with E-state index in [4.69, 9.17) is 4.74 Å². The maximum atomic E-state index is 13.0. The summed E-state index contributed by atoms with van der Waals surface area (Å²) in [6.07, 6.45) is 3.36. The highest BCUT2D eigenvalue weighted by atomic mass is 16.5. The van der Waals surface area contributed by atoms with Crippen molar-refractivity contribution in [3.63, 3.8) is 0 Å². The fourth-order valence-electron chi connectivity index (χ4n) is 3.43. The average molecular weight is 356 g/mol. The molecule has 0 atom stereocenters. The second-order valence-electron chi connectivity index (χ2n) is 6.73. The van der Waals surface area contributed by atoms with Gasteiger partial charge in [0.05, 0.1) is 5.56 Å². The number of carbonyl (C=O) groups is 2. The Bertz CT molecular complexity index is 1020. The van der Waals surface area contributed by atoms with Crippen LogP contribution in [0.5, 0.6) is 11.5 Å². The molecule has 1 aliphatic rings. The average Bonchev–Trinajstić information content (AvgIpc) is 2.71. The lowest BCUT2D eigenvalue weighted by molar-refractivity contribution is 0.0977. The maximum Gasteiger partial charge on any atom is 0.198 e. The fraction of sp³-hybridized carbons (Fsp3) is 0.167. The molecule has 0 heterocycles. The summed E-state index contributed by atoms with van der Waals surface area (Å²) in [7, 11) is 0. The quantitative estimate of drug-likeness (QED) is 0.468. The lowest BCUT2D eigenvalue weighted by Crippen LogP contribution is -2.21. The Morgan fingerprint density at radius 3 is 2.11 bits per heavy atom. The first-order chi connectivity index (χ1) is 13.2. The molecular weight excluding hydrogens is 336 g/mol. The third-order valence-electron chi connectivity index (χ3n) is 4.88. The smallest absolute Gasteiger partial charge is 0.198 e. The van der Waals surface area contributed by atoms with Gasteiger partial charge in [-0.15, -0.1) is 0 Å². The third kappa shape index (κ3) is 3.17. The molecule has 0 bridgehead atoms. The van der Waals surface area contributed by atoms with Crippen LogP contribution in [-0.4, -0.2) is 11.6 Å². The van der Waals surface area contributed by atoms with Gasteiger partial charge < -0.3 is 4.74 Å². The van der Waals surface area contributed by atoms with Crippen LogP contribution in [0.3, 0.4) is 0 Å². The molecule has 134 valence electrons. The number of aryl methyl sites for hydroxylation is 1. The molecule has 0 saturated heterocycles. The van der Waals surface area contributed by atoms with Crippen LogP contribution in [0, 0.1) is 0 Å². The Balaban J connectivity index is 1.68. The lowest BCUT2D eigenvalue weighted by Gasteiger charge is -2.20. The van der Waals surface area contributed by atoms with Crippen molar-refractivity contribution in [1.29, 1.82) is 0 Å². The highest BCUT2D eigenvalue weighted by Gasteiger charge is 2.32. The van der Waals surface area contributed by atoms with Crippen LogP contribution >= 0.6 is 0 Å². The van der Waals surface area contributed by atoms with Crippen molar-refractivity contribution in [3.8, 4) is 11.5 Å². The molecule has 3 nitrogen and oxygen atoms in total. The first-order valence-corrected chi connectivity index (χ1v) is 9.27. The molecule has 0 unspecified atom stereocenters. The number of benzene rings is 3. The molecule has 0 radical (unpaired) electrons. The molecule has 3 aromatic rings. The minimum atomic E-state index is -0.171. The van der Waals surface area contributed by atoms with Crippen LogP contribution < -0.4 is 4.74 Å². The van der Waals surface area contributed by atoms with E-state index in [1.807, 2.05) is 24.3 Å². The predicted molar refractivity (Wildman–Crippen MR) is 105 cm³/mol. The highest BCUT2D eigenvalue weighted by Crippen LogP contribution is 2.35. The van der Waals surface area contributed by atoms with E-state index in [0.717, 1.165) is 19.3 Å². The van der Waals surface area contributed by atoms with Crippen LogP contribution in [-0.2, 0) is 6.42 Å². The third-order valence-corrected chi connectivity index (χ3v) is 4.88. The minimum Gasteiger partial charge on any atom is -0.457 e. The van der Waals surface area contributed by atoms with Crippen molar-refractivity contribution in [3.05, 3.63) is 94.5 Å². The van der Waals surface area contributed by atoms with Gasteiger partial charge in [-0.3, -0.25) is 9.59 Å². The SMILES string of the molecule is CCCCc1ccc(Oc2cccc3c2C(=O)c2ccccc2C3=O)cc1. The van der Waals surface area contributed by atoms with Gasteiger partial charge in [-0.1, -0.05) is 61.9 Å². The Morgan fingerprint density at radius 2 is 1.41 bits per heavy atom. The van der Waals surface area contributed by atoms with Crippen LogP contribution in [0.25, 0.3) is 0 Å². The standard InChI is InChI=1S/C24H20O3/c1-2-3-7-16-12-14-17(15-13-16)27-21-11-6-10-20-22(21)24(26)19-9-5-4-8-18(19)23(20)25/h4-6,8-15H,2-3,7H2,1H3. The minimum absolute atomic E-state index is 0.138. The molecular formula is C24H20O3. The molecule has 4 rings (SSSR count). The lowest BCUT2D eigenvalue weighted by atomic mass is 9.83. The van der Waals surface area contributed by atoms with E-state index in [1.165, 1.54) is 5.56 Å². The molecule has 0 aromatic heterocycles. The largest absolute Gasteiger partial charge is 0.457 e.